The quantitative estimate of drug-likeness (QED) is 0.747. The Labute approximate surface area is 103 Å². The number of nitrogens with two attached hydrogens (primary N) is 1. The highest BCUT2D eigenvalue weighted by atomic mass is 32.2. The predicted molar refractivity (Wildman–Crippen MR) is 69.7 cm³/mol. The second-order valence-corrected chi connectivity index (χ2v) is 7.17. The van der Waals surface area contributed by atoms with Crippen LogP contribution >= 0.6 is 12.2 Å². The van der Waals surface area contributed by atoms with E-state index >= 15 is 0 Å². The van der Waals surface area contributed by atoms with Gasteiger partial charge in [-0.25, -0.2) is 13.1 Å². The molecule has 0 aromatic rings. The highest BCUT2D eigenvalue weighted by Crippen LogP contribution is 2.24. The van der Waals surface area contributed by atoms with Gasteiger partial charge in [0.25, 0.3) is 0 Å². The Kier molecular flexibility index (Phi) is 4.70. The first-order valence-electron chi connectivity index (χ1n) is 5.63. The van der Waals surface area contributed by atoms with E-state index in [9.17, 15) is 8.42 Å². The lowest BCUT2D eigenvalue weighted by Gasteiger charge is -2.27. The standard InChI is InChI=1S/C10H20N2O2S2/c1-7-3-5-9(6-4-7)12-16(13,14)8(2)10(11)15/h7-9,12H,3-6H2,1-2H3,(H2,11,15). The van der Waals surface area contributed by atoms with E-state index in [1.165, 1.54) is 6.92 Å². The normalized spacial score (nSPS) is 28.6. The summed E-state index contributed by atoms with van der Waals surface area (Å²) in [6, 6.07) is 0.0537. The molecule has 1 atom stereocenters. The van der Waals surface area contributed by atoms with Crippen molar-refractivity contribution in [3.63, 3.8) is 0 Å². The van der Waals surface area contributed by atoms with Gasteiger partial charge in [0.15, 0.2) is 0 Å². The molecule has 0 amide bonds. The topological polar surface area (TPSA) is 72.2 Å². The summed E-state index contributed by atoms with van der Waals surface area (Å²) in [6.07, 6.45) is 3.97. The third-order valence-electron chi connectivity index (χ3n) is 3.21. The largest absolute Gasteiger partial charge is 0.392 e. The van der Waals surface area contributed by atoms with Crippen LogP contribution in [0.3, 0.4) is 0 Å². The molecule has 94 valence electrons. The summed E-state index contributed by atoms with van der Waals surface area (Å²) in [5.74, 6) is 0.703. The molecule has 3 N–H and O–H groups in total. The molecule has 0 bridgehead atoms. The Morgan fingerprint density at radius 3 is 2.31 bits per heavy atom. The van der Waals surface area contributed by atoms with Gasteiger partial charge in [0.1, 0.15) is 5.25 Å². The van der Waals surface area contributed by atoms with Gasteiger partial charge in [-0.05, 0) is 38.5 Å². The summed E-state index contributed by atoms with van der Waals surface area (Å²) in [7, 11) is -3.39. The van der Waals surface area contributed by atoms with Gasteiger partial charge >= 0.3 is 0 Å². The van der Waals surface area contributed by atoms with Crippen LogP contribution in [0.5, 0.6) is 0 Å². The Bertz CT molecular complexity index is 346. The maximum Gasteiger partial charge on any atom is 0.220 e. The van der Waals surface area contributed by atoms with Crippen molar-refractivity contribution in [3.05, 3.63) is 0 Å². The fraction of sp³-hybridized carbons (Fsp3) is 0.900. The van der Waals surface area contributed by atoms with Crippen LogP contribution in [0.2, 0.25) is 0 Å². The van der Waals surface area contributed by atoms with Crippen LogP contribution in [-0.4, -0.2) is 24.7 Å². The molecule has 6 heteroatoms. The van der Waals surface area contributed by atoms with E-state index < -0.39 is 15.3 Å². The lowest BCUT2D eigenvalue weighted by Crippen LogP contribution is -2.45. The van der Waals surface area contributed by atoms with Gasteiger partial charge in [-0.2, -0.15) is 0 Å². The predicted octanol–water partition coefficient (Wildman–Crippen LogP) is 1.16. The molecule has 1 unspecified atom stereocenters. The molecule has 1 fully saturated rings. The van der Waals surface area contributed by atoms with Gasteiger partial charge < -0.3 is 5.73 Å². The van der Waals surface area contributed by atoms with E-state index in [0.29, 0.717) is 5.92 Å². The number of thiocarbonyl (C=S) groups is 1. The van der Waals surface area contributed by atoms with E-state index in [1.807, 2.05) is 0 Å². The minimum Gasteiger partial charge on any atom is -0.392 e. The maximum atomic E-state index is 11.8. The maximum absolute atomic E-state index is 11.8. The lowest BCUT2D eigenvalue weighted by molar-refractivity contribution is 0.332. The number of sulfonamides is 1. The van der Waals surface area contributed by atoms with Crippen molar-refractivity contribution >= 4 is 27.2 Å². The van der Waals surface area contributed by atoms with Gasteiger partial charge in [0.05, 0.1) is 4.99 Å². The van der Waals surface area contributed by atoms with E-state index in [2.05, 4.69) is 11.6 Å². The molecule has 16 heavy (non-hydrogen) atoms. The molecule has 0 aromatic heterocycles. The Balaban J connectivity index is 2.56. The zero-order chi connectivity index (χ0) is 12.3. The highest BCUT2D eigenvalue weighted by molar-refractivity contribution is 7.93. The van der Waals surface area contributed by atoms with Crippen LogP contribution in [0.25, 0.3) is 0 Å². The van der Waals surface area contributed by atoms with Crippen LogP contribution in [0.1, 0.15) is 39.5 Å². The highest BCUT2D eigenvalue weighted by Gasteiger charge is 2.28. The van der Waals surface area contributed by atoms with Crippen LogP contribution in [0, 0.1) is 5.92 Å². The summed E-state index contributed by atoms with van der Waals surface area (Å²) in [6.45, 7) is 3.72. The second kappa shape index (κ2) is 5.42. The van der Waals surface area contributed by atoms with Crippen LogP contribution in [0.15, 0.2) is 0 Å². The van der Waals surface area contributed by atoms with Crippen LogP contribution < -0.4 is 10.5 Å². The van der Waals surface area contributed by atoms with E-state index in [1.54, 1.807) is 0 Å². The zero-order valence-corrected chi connectivity index (χ0v) is 11.4. The van der Waals surface area contributed by atoms with E-state index in [-0.39, 0.29) is 11.0 Å². The molecular formula is C10H20N2O2S2. The van der Waals surface area contributed by atoms with Crippen molar-refractivity contribution in [3.8, 4) is 0 Å². The van der Waals surface area contributed by atoms with Crippen molar-refractivity contribution in [1.29, 1.82) is 0 Å². The van der Waals surface area contributed by atoms with Crippen molar-refractivity contribution in [1.82, 2.24) is 4.72 Å². The number of hydrogen-bond acceptors (Lipinski definition) is 3. The molecule has 1 rings (SSSR count). The number of rotatable bonds is 4. The molecule has 1 aliphatic carbocycles. The smallest absolute Gasteiger partial charge is 0.220 e. The molecule has 1 saturated carbocycles. The molecule has 0 radical (unpaired) electrons. The lowest BCUT2D eigenvalue weighted by atomic mass is 9.88. The van der Waals surface area contributed by atoms with E-state index in [0.717, 1.165) is 25.7 Å². The number of nitrogens with one attached hydrogen (secondary N) is 1. The molecule has 0 saturated heterocycles. The first-order chi connectivity index (χ1) is 7.33. The average Bonchev–Trinajstić information content (AvgIpc) is 2.20. The van der Waals surface area contributed by atoms with Crippen molar-refractivity contribution < 1.29 is 8.42 Å². The van der Waals surface area contributed by atoms with Crippen LogP contribution in [0.4, 0.5) is 0 Å². The SMILES string of the molecule is CC1CCC(NS(=O)(=O)C(C)C(N)=S)CC1. The van der Waals surface area contributed by atoms with Gasteiger partial charge in [-0.3, -0.25) is 0 Å². The monoisotopic (exact) mass is 264 g/mol. The number of hydrogen-bond donors (Lipinski definition) is 2. The summed E-state index contributed by atoms with van der Waals surface area (Å²) in [5, 5.41) is -0.790. The second-order valence-electron chi connectivity index (χ2n) is 4.66. The van der Waals surface area contributed by atoms with Crippen molar-refractivity contribution in [2.75, 3.05) is 0 Å². The Morgan fingerprint density at radius 1 is 1.38 bits per heavy atom. The molecule has 0 spiro atoms. The summed E-state index contributed by atoms with van der Waals surface area (Å²) >= 11 is 4.71. The molecule has 0 heterocycles. The van der Waals surface area contributed by atoms with Gasteiger partial charge in [0.2, 0.25) is 10.0 Å². The zero-order valence-electron chi connectivity index (χ0n) is 9.77. The first kappa shape index (κ1) is 13.9. The minimum atomic E-state index is -3.39. The summed E-state index contributed by atoms with van der Waals surface area (Å²) in [5.41, 5.74) is 5.36. The molecular weight excluding hydrogens is 244 g/mol. The van der Waals surface area contributed by atoms with Gasteiger partial charge in [-0.1, -0.05) is 19.1 Å². The summed E-state index contributed by atoms with van der Waals surface area (Å²) < 4.78 is 26.4. The fourth-order valence-corrected chi connectivity index (χ4v) is 3.46. The van der Waals surface area contributed by atoms with Crippen molar-refractivity contribution in [2.45, 2.75) is 50.8 Å². The Morgan fingerprint density at radius 2 is 1.88 bits per heavy atom. The molecule has 4 nitrogen and oxygen atoms in total. The minimum absolute atomic E-state index is 0.0247. The van der Waals surface area contributed by atoms with Crippen LogP contribution in [-0.2, 0) is 10.0 Å². The average molecular weight is 264 g/mol. The fourth-order valence-electron chi connectivity index (χ4n) is 1.87. The third-order valence-corrected chi connectivity index (χ3v) is 5.56. The first-order valence-corrected chi connectivity index (χ1v) is 7.59. The summed E-state index contributed by atoms with van der Waals surface area (Å²) in [4.78, 5) is 0.0247. The molecule has 0 aromatic carbocycles. The van der Waals surface area contributed by atoms with Crippen molar-refractivity contribution in [2.24, 2.45) is 11.7 Å². The van der Waals surface area contributed by atoms with Gasteiger partial charge in [0, 0.05) is 6.04 Å². The third kappa shape index (κ3) is 3.68. The molecule has 0 aliphatic heterocycles. The van der Waals surface area contributed by atoms with Gasteiger partial charge in [-0.15, -0.1) is 0 Å². The van der Waals surface area contributed by atoms with E-state index in [4.69, 9.17) is 18.0 Å². The Hall–Kier alpha value is -0.200. The molecule has 1 aliphatic rings.